The number of thiophene rings is 1. The van der Waals surface area contributed by atoms with E-state index >= 15 is 0 Å². The maximum atomic E-state index is 12.1. The van der Waals surface area contributed by atoms with Gasteiger partial charge in [-0.05, 0) is 47.8 Å². The molecular weight excluding hydrogens is 344 g/mol. The molecule has 2 aromatic rings. The lowest BCUT2D eigenvalue weighted by atomic mass is 9.68. The summed E-state index contributed by atoms with van der Waals surface area (Å²) in [5.41, 5.74) is -0.726. The highest BCUT2D eigenvalue weighted by molar-refractivity contribution is 9.11. The molecule has 1 aliphatic carbocycles. The van der Waals surface area contributed by atoms with Gasteiger partial charge in [-0.15, -0.1) is 11.3 Å². The summed E-state index contributed by atoms with van der Waals surface area (Å²) in [6.45, 7) is 2.16. The van der Waals surface area contributed by atoms with Gasteiger partial charge in [-0.25, -0.2) is 0 Å². The first-order chi connectivity index (χ1) is 9.65. The van der Waals surface area contributed by atoms with Crippen LogP contribution >= 0.6 is 27.3 Å². The van der Waals surface area contributed by atoms with Crippen molar-refractivity contribution in [2.75, 3.05) is 6.61 Å². The fourth-order valence-electron chi connectivity index (χ4n) is 2.26. The van der Waals surface area contributed by atoms with Crippen LogP contribution in [0.25, 0.3) is 10.7 Å². The monoisotopic (exact) mass is 356 g/mol. The van der Waals surface area contributed by atoms with Crippen molar-refractivity contribution in [2.45, 2.75) is 31.6 Å². The van der Waals surface area contributed by atoms with Gasteiger partial charge in [0.2, 0.25) is 11.7 Å². The summed E-state index contributed by atoms with van der Waals surface area (Å²) >= 11 is 4.93. The van der Waals surface area contributed by atoms with E-state index in [2.05, 4.69) is 26.1 Å². The minimum absolute atomic E-state index is 0.256. The van der Waals surface area contributed by atoms with Crippen molar-refractivity contribution >= 4 is 33.2 Å². The van der Waals surface area contributed by atoms with E-state index in [1.54, 1.807) is 6.92 Å². The predicted molar refractivity (Wildman–Crippen MR) is 77.5 cm³/mol. The van der Waals surface area contributed by atoms with Gasteiger partial charge in [-0.2, -0.15) is 4.98 Å². The molecule has 2 heterocycles. The standard InChI is InChI=1S/C13H13BrN2O3S/c1-2-18-12(17)13(6-3-7-13)11-15-10(16-19-11)8-4-5-9(14)20-8/h4-5H,2-3,6-7H2,1H3. The van der Waals surface area contributed by atoms with Gasteiger partial charge in [-0.1, -0.05) is 11.6 Å². The Labute approximate surface area is 128 Å². The number of rotatable bonds is 4. The molecule has 3 rings (SSSR count). The highest BCUT2D eigenvalue weighted by atomic mass is 79.9. The van der Waals surface area contributed by atoms with Gasteiger partial charge >= 0.3 is 5.97 Å². The maximum absolute atomic E-state index is 12.1. The molecule has 1 saturated carbocycles. The van der Waals surface area contributed by atoms with Crippen LogP contribution in [-0.4, -0.2) is 22.7 Å². The van der Waals surface area contributed by atoms with E-state index in [9.17, 15) is 4.79 Å². The highest BCUT2D eigenvalue weighted by Gasteiger charge is 2.52. The first kappa shape index (κ1) is 13.8. The van der Waals surface area contributed by atoms with Crippen molar-refractivity contribution in [3.05, 3.63) is 21.8 Å². The van der Waals surface area contributed by atoms with E-state index in [4.69, 9.17) is 9.26 Å². The van der Waals surface area contributed by atoms with Crippen molar-refractivity contribution in [1.29, 1.82) is 0 Å². The van der Waals surface area contributed by atoms with Crippen LogP contribution in [0.15, 0.2) is 20.4 Å². The summed E-state index contributed by atoms with van der Waals surface area (Å²) in [5, 5.41) is 3.99. The molecule has 0 unspecified atom stereocenters. The van der Waals surface area contributed by atoms with Crippen LogP contribution < -0.4 is 0 Å². The summed E-state index contributed by atoms with van der Waals surface area (Å²) in [5.74, 6) is 0.641. The maximum Gasteiger partial charge on any atom is 0.321 e. The Hall–Kier alpha value is -1.21. The Balaban J connectivity index is 1.90. The lowest BCUT2D eigenvalue weighted by molar-refractivity contribution is -0.155. The summed E-state index contributed by atoms with van der Waals surface area (Å²) in [6, 6.07) is 3.85. The van der Waals surface area contributed by atoms with Crippen LogP contribution in [0, 0.1) is 0 Å². The van der Waals surface area contributed by atoms with Gasteiger partial charge in [0, 0.05) is 0 Å². The molecule has 0 amide bonds. The quantitative estimate of drug-likeness (QED) is 0.783. The molecule has 2 aromatic heterocycles. The number of hydrogen-bond donors (Lipinski definition) is 0. The second-order valence-corrected chi connectivity index (χ2v) is 7.15. The molecule has 0 aromatic carbocycles. The number of hydrogen-bond acceptors (Lipinski definition) is 6. The van der Waals surface area contributed by atoms with Crippen LogP contribution in [0.5, 0.6) is 0 Å². The fourth-order valence-corrected chi connectivity index (χ4v) is 3.57. The molecule has 106 valence electrons. The van der Waals surface area contributed by atoms with Crippen LogP contribution in [0.2, 0.25) is 0 Å². The zero-order chi connectivity index (χ0) is 14.2. The van der Waals surface area contributed by atoms with Gasteiger partial charge in [0.25, 0.3) is 0 Å². The molecule has 0 N–H and O–H groups in total. The smallest absolute Gasteiger partial charge is 0.321 e. The molecule has 1 fully saturated rings. The molecule has 0 atom stereocenters. The molecule has 0 aliphatic heterocycles. The zero-order valence-electron chi connectivity index (χ0n) is 10.9. The first-order valence-electron chi connectivity index (χ1n) is 6.43. The van der Waals surface area contributed by atoms with Crippen molar-refractivity contribution in [3.8, 4) is 10.7 Å². The Morgan fingerprint density at radius 3 is 2.90 bits per heavy atom. The average Bonchev–Trinajstić information content (AvgIpc) is 2.97. The van der Waals surface area contributed by atoms with Crippen LogP contribution in [0.3, 0.4) is 0 Å². The number of carbonyl (C=O) groups is 1. The van der Waals surface area contributed by atoms with Gasteiger partial charge in [0.1, 0.15) is 5.41 Å². The minimum Gasteiger partial charge on any atom is -0.465 e. The normalized spacial score (nSPS) is 16.7. The third-order valence-corrected chi connectivity index (χ3v) is 5.12. The van der Waals surface area contributed by atoms with E-state index in [0.717, 1.165) is 15.1 Å². The molecule has 7 heteroatoms. The second-order valence-electron chi connectivity index (χ2n) is 4.68. The molecule has 0 spiro atoms. The molecule has 0 bridgehead atoms. The second kappa shape index (κ2) is 5.29. The van der Waals surface area contributed by atoms with Crippen LogP contribution in [0.1, 0.15) is 32.1 Å². The number of ether oxygens (including phenoxy) is 1. The lowest BCUT2D eigenvalue weighted by Crippen LogP contribution is -2.44. The lowest BCUT2D eigenvalue weighted by Gasteiger charge is -2.35. The fraction of sp³-hybridized carbons (Fsp3) is 0.462. The van der Waals surface area contributed by atoms with Crippen molar-refractivity contribution in [1.82, 2.24) is 10.1 Å². The van der Waals surface area contributed by atoms with E-state index in [-0.39, 0.29) is 5.97 Å². The van der Waals surface area contributed by atoms with Crippen molar-refractivity contribution in [3.63, 3.8) is 0 Å². The Bertz CT molecular complexity index is 633. The Kier molecular flexibility index (Phi) is 3.64. The number of halogens is 1. The van der Waals surface area contributed by atoms with E-state index in [1.807, 2.05) is 12.1 Å². The molecule has 0 radical (unpaired) electrons. The summed E-state index contributed by atoms with van der Waals surface area (Å²) < 4.78 is 11.5. The minimum atomic E-state index is -0.726. The number of aromatic nitrogens is 2. The molecule has 1 aliphatic rings. The SMILES string of the molecule is CCOC(=O)C1(c2nc(-c3ccc(Br)s3)no2)CCC1. The van der Waals surface area contributed by atoms with Gasteiger partial charge < -0.3 is 9.26 Å². The average molecular weight is 357 g/mol. The first-order valence-corrected chi connectivity index (χ1v) is 8.04. The highest BCUT2D eigenvalue weighted by Crippen LogP contribution is 2.44. The van der Waals surface area contributed by atoms with Crippen LogP contribution in [-0.2, 0) is 14.9 Å². The third kappa shape index (κ3) is 2.18. The number of nitrogens with zero attached hydrogens (tertiary/aromatic N) is 2. The van der Waals surface area contributed by atoms with Crippen LogP contribution in [0.4, 0.5) is 0 Å². The Morgan fingerprint density at radius 1 is 1.55 bits per heavy atom. The van der Waals surface area contributed by atoms with Crippen molar-refractivity contribution in [2.24, 2.45) is 0 Å². The third-order valence-electron chi connectivity index (χ3n) is 3.50. The van der Waals surface area contributed by atoms with E-state index < -0.39 is 5.41 Å². The molecular formula is C13H13BrN2O3S. The topological polar surface area (TPSA) is 65.2 Å². The summed E-state index contributed by atoms with van der Waals surface area (Å²) in [4.78, 5) is 17.5. The number of esters is 1. The predicted octanol–water partition coefficient (Wildman–Crippen LogP) is 3.55. The molecule has 0 saturated heterocycles. The van der Waals surface area contributed by atoms with Gasteiger partial charge in [-0.3, -0.25) is 4.79 Å². The largest absolute Gasteiger partial charge is 0.465 e. The van der Waals surface area contributed by atoms with E-state index in [1.165, 1.54) is 11.3 Å². The number of carbonyl (C=O) groups excluding carboxylic acids is 1. The van der Waals surface area contributed by atoms with Crippen molar-refractivity contribution < 1.29 is 14.1 Å². The molecule has 5 nitrogen and oxygen atoms in total. The zero-order valence-corrected chi connectivity index (χ0v) is 13.3. The Morgan fingerprint density at radius 2 is 2.35 bits per heavy atom. The van der Waals surface area contributed by atoms with Gasteiger partial charge in [0.15, 0.2) is 0 Å². The summed E-state index contributed by atoms with van der Waals surface area (Å²) in [6.07, 6.45) is 2.39. The summed E-state index contributed by atoms with van der Waals surface area (Å²) in [7, 11) is 0. The van der Waals surface area contributed by atoms with Gasteiger partial charge in [0.05, 0.1) is 15.3 Å². The molecule has 20 heavy (non-hydrogen) atoms. The van der Waals surface area contributed by atoms with E-state index in [0.29, 0.717) is 31.2 Å².